The maximum Gasteiger partial charge on any atom is 0.273 e. The van der Waals surface area contributed by atoms with Crippen LogP contribution in [0.1, 0.15) is 22.8 Å². The Morgan fingerprint density at radius 1 is 1.23 bits per heavy atom. The average Bonchev–Trinajstić information content (AvgIpc) is 2.49. The number of benzene rings is 2. The molecule has 0 saturated carbocycles. The number of hydrogen-bond donors (Lipinski definition) is 4. The lowest BCUT2D eigenvalue weighted by atomic mass is 10.1. The molecule has 1 atom stereocenters. The molecule has 6 nitrogen and oxygen atoms in total. The van der Waals surface area contributed by atoms with Crippen molar-refractivity contribution in [2.24, 2.45) is 5.10 Å². The molecule has 6 heteroatoms. The van der Waals surface area contributed by atoms with E-state index in [9.17, 15) is 20.1 Å². The number of nitrogens with one attached hydrogen (secondary N) is 1. The fourth-order valence-corrected chi connectivity index (χ4v) is 1.94. The molecule has 2 aromatic rings. The number of aliphatic hydroxyl groups is 1. The van der Waals surface area contributed by atoms with Crippen LogP contribution in [0.15, 0.2) is 47.6 Å². The van der Waals surface area contributed by atoms with Crippen LogP contribution in [0.2, 0.25) is 0 Å². The summed E-state index contributed by atoms with van der Waals surface area (Å²) in [7, 11) is 0. The average molecular weight is 300 g/mol. The van der Waals surface area contributed by atoms with E-state index < -0.39 is 12.0 Å². The summed E-state index contributed by atoms with van der Waals surface area (Å²) in [5, 5.41) is 32.6. The molecule has 0 aliphatic heterocycles. The minimum absolute atomic E-state index is 0.0596. The van der Waals surface area contributed by atoms with E-state index in [4.69, 9.17) is 0 Å². The summed E-state index contributed by atoms with van der Waals surface area (Å²) in [6.45, 7) is 1.68. The second-order valence-electron chi connectivity index (χ2n) is 4.74. The van der Waals surface area contributed by atoms with Gasteiger partial charge in [-0.3, -0.25) is 4.79 Å². The van der Waals surface area contributed by atoms with Crippen molar-refractivity contribution in [3.63, 3.8) is 0 Å². The number of amides is 1. The number of hydrazone groups is 1. The molecule has 0 fully saturated rings. The molecule has 0 radical (unpaired) electrons. The van der Waals surface area contributed by atoms with Crippen molar-refractivity contribution in [2.45, 2.75) is 13.0 Å². The summed E-state index contributed by atoms with van der Waals surface area (Å²) in [6.07, 6.45) is -0.0763. The van der Waals surface area contributed by atoms with Gasteiger partial charge in [-0.05, 0) is 24.1 Å². The summed E-state index contributed by atoms with van der Waals surface area (Å²) in [5.74, 6) is -0.895. The van der Waals surface area contributed by atoms with Crippen molar-refractivity contribution in [1.29, 1.82) is 0 Å². The van der Waals surface area contributed by atoms with Crippen LogP contribution in [0.3, 0.4) is 0 Å². The molecule has 0 aliphatic carbocycles. The zero-order chi connectivity index (χ0) is 16.1. The Balaban J connectivity index is 2.05. The zero-order valence-electron chi connectivity index (χ0n) is 11.9. The van der Waals surface area contributed by atoms with E-state index in [1.165, 1.54) is 18.3 Å². The normalized spacial score (nSPS) is 12.3. The highest BCUT2D eigenvalue weighted by atomic mass is 16.3. The van der Waals surface area contributed by atoms with E-state index in [2.05, 4.69) is 10.5 Å². The van der Waals surface area contributed by atoms with E-state index in [1.807, 2.05) is 0 Å². The summed E-state index contributed by atoms with van der Waals surface area (Å²) in [5.41, 5.74) is 3.63. The molecular formula is C16H16N2O4. The number of hydrogen-bond acceptors (Lipinski definition) is 5. The minimum Gasteiger partial charge on any atom is -0.508 e. The predicted octanol–water partition coefficient (Wildman–Crippen LogP) is 1.59. The second-order valence-corrected chi connectivity index (χ2v) is 4.74. The number of aryl methyl sites for hydroxylation is 1. The van der Waals surface area contributed by atoms with Crippen molar-refractivity contribution in [3.05, 3.63) is 59.2 Å². The molecule has 4 N–H and O–H groups in total. The Kier molecular flexibility index (Phi) is 4.75. The van der Waals surface area contributed by atoms with Gasteiger partial charge in [-0.15, -0.1) is 0 Å². The lowest BCUT2D eigenvalue weighted by Crippen LogP contribution is -2.25. The van der Waals surface area contributed by atoms with Gasteiger partial charge >= 0.3 is 0 Å². The molecule has 114 valence electrons. The molecule has 0 aliphatic rings. The third-order valence-electron chi connectivity index (χ3n) is 3.08. The number of aromatic hydroxyl groups is 2. The van der Waals surface area contributed by atoms with Crippen molar-refractivity contribution in [1.82, 2.24) is 5.43 Å². The Morgan fingerprint density at radius 3 is 2.55 bits per heavy atom. The van der Waals surface area contributed by atoms with Crippen LogP contribution in [-0.2, 0) is 4.79 Å². The number of carbonyl (C=O) groups is 1. The van der Waals surface area contributed by atoms with E-state index in [1.54, 1.807) is 37.3 Å². The molecule has 0 spiro atoms. The van der Waals surface area contributed by atoms with E-state index in [0.717, 1.165) is 0 Å². The first-order valence-electron chi connectivity index (χ1n) is 6.57. The monoisotopic (exact) mass is 300 g/mol. The third kappa shape index (κ3) is 3.62. The van der Waals surface area contributed by atoms with Crippen molar-refractivity contribution < 1.29 is 20.1 Å². The Bertz CT molecular complexity index is 676. The number of phenolic OH excluding ortho intramolecular Hbond substituents is 2. The second kappa shape index (κ2) is 6.73. The number of rotatable bonds is 4. The first-order valence-corrected chi connectivity index (χ1v) is 6.57. The fourth-order valence-electron chi connectivity index (χ4n) is 1.94. The molecule has 1 unspecified atom stereocenters. The van der Waals surface area contributed by atoms with Crippen LogP contribution in [-0.4, -0.2) is 27.4 Å². The fraction of sp³-hybridized carbons (Fsp3) is 0.125. The van der Waals surface area contributed by atoms with Gasteiger partial charge in [-0.1, -0.05) is 30.3 Å². The first kappa shape index (κ1) is 15.5. The highest BCUT2D eigenvalue weighted by Gasteiger charge is 2.16. The highest BCUT2D eigenvalue weighted by Crippen LogP contribution is 2.25. The third-order valence-corrected chi connectivity index (χ3v) is 3.08. The topological polar surface area (TPSA) is 102 Å². The quantitative estimate of drug-likeness (QED) is 0.508. The van der Waals surface area contributed by atoms with Crippen LogP contribution in [0.25, 0.3) is 0 Å². The first-order chi connectivity index (χ1) is 10.5. The van der Waals surface area contributed by atoms with Crippen LogP contribution in [0, 0.1) is 6.92 Å². The molecule has 0 saturated heterocycles. The summed E-state index contributed by atoms with van der Waals surface area (Å²) < 4.78 is 0. The number of carbonyl (C=O) groups excluding carboxylic acids is 1. The number of nitrogens with zero attached hydrogens (tertiary/aromatic N) is 1. The Morgan fingerprint density at radius 2 is 1.91 bits per heavy atom. The van der Waals surface area contributed by atoms with Crippen LogP contribution >= 0.6 is 0 Å². The van der Waals surface area contributed by atoms with Crippen molar-refractivity contribution in [3.8, 4) is 11.5 Å². The molecule has 2 aromatic carbocycles. The van der Waals surface area contributed by atoms with Gasteiger partial charge in [-0.25, -0.2) is 5.43 Å². The largest absolute Gasteiger partial charge is 0.508 e. The highest BCUT2D eigenvalue weighted by molar-refractivity contribution is 5.88. The lowest BCUT2D eigenvalue weighted by Gasteiger charge is -2.09. The van der Waals surface area contributed by atoms with Gasteiger partial charge in [0, 0.05) is 11.6 Å². The molecule has 0 heterocycles. The van der Waals surface area contributed by atoms with Crippen LogP contribution < -0.4 is 5.43 Å². The van der Waals surface area contributed by atoms with Gasteiger partial charge in [0.2, 0.25) is 0 Å². The minimum atomic E-state index is -1.33. The zero-order valence-corrected chi connectivity index (χ0v) is 11.9. The van der Waals surface area contributed by atoms with Crippen LogP contribution in [0.5, 0.6) is 11.5 Å². The SMILES string of the molecule is Cc1cc(O)cc(O)c1C=NNC(=O)C(O)c1ccccc1. The molecular weight excluding hydrogens is 284 g/mol. The molecule has 0 bridgehead atoms. The van der Waals surface area contributed by atoms with Gasteiger partial charge in [0.15, 0.2) is 6.10 Å². The Labute approximate surface area is 127 Å². The van der Waals surface area contributed by atoms with Gasteiger partial charge in [-0.2, -0.15) is 5.10 Å². The van der Waals surface area contributed by atoms with Gasteiger partial charge < -0.3 is 15.3 Å². The maximum atomic E-state index is 11.8. The predicted molar refractivity (Wildman–Crippen MR) is 81.6 cm³/mol. The van der Waals surface area contributed by atoms with E-state index in [-0.39, 0.29) is 11.5 Å². The van der Waals surface area contributed by atoms with Crippen molar-refractivity contribution >= 4 is 12.1 Å². The van der Waals surface area contributed by atoms with Gasteiger partial charge in [0.25, 0.3) is 5.91 Å². The number of phenols is 2. The van der Waals surface area contributed by atoms with Gasteiger partial charge in [0.1, 0.15) is 11.5 Å². The van der Waals surface area contributed by atoms with E-state index in [0.29, 0.717) is 16.7 Å². The molecule has 22 heavy (non-hydrogen) atoms. The van der Waals surface area contributed by atoms with Crippen molar-refractivity contribution in [2.75, 3.05) is 0 Å². The smallest absolute Gasteiger partial charge is 0.273 e. The number of aliphatic hydroxyl groups excluding tert-OH is 1. The van der Waals surface area contributed by atoms with E-state index >= 15 is 0 Å². The van der Waals surface area contributed by atoms with Gasteiger partial charge in [0.05, 0.1) is 6.21 Å². The van der Waals surface area contributed by atoms with Crippen LogP contribution in [0.4, 0.5) is 0 Å². The standard InChI is InChI=1S/C16H16N2O4/c1-10-7-12(19)8-14(20)13(10)9-17-18-16(22)15(21)11-5-3-2-4-6-11/h2-9,15,19-21H,1H3,(H,18,22). The maximum absolute atomic E-state index is 11.8. The summed E-state index contributed by atoms with van der Waals surface area (Å²) in [4.78, 5) is 11.8. The Hall–Kier alpha value is -2.86. The summed E-state index contributed by atoms with van der Waals surface area (Å²) in [6, 6.07) is 11.1. The summed E-state index contributed by atoms with van der Waals surface area (Å²) >= 11 is 0. The lowest BCUT2D eigenvalue weighted by molar-refractivity contribution is -0.129. The molecule has 1 amide bonds. The molecule has 0 aromatic heterocycles. The molecule has 2 rings (SSSR count).